The average molecular weight is 250 g/mol. The number of aromatic nitrogens is 1. The molecule has 1 saturated heterocycles. The summed E-state index contributed by atoms with van der Waals surface area (Å²) in [5.74, 6) is 0.791. The van der Waals surface area contributed by atoms with Gasteiger partial charge >= 0.3 is 0 Å². The molecule has 1 amide bonds. The van der Waals surface area contributed by atoms with Crippen LogP contribution in [0.15, 0.2) is 18.3 Å². The molecule has 2 heterocycles. The second-order valence-electron chi connectivity index (χ2n) is 4.10. The molecule has 18 heavy (non-hydrogen) atoms. The van der Waals surface area contributed by atoms with Crippen molar-refractivity contribution in [2.45, 2.75) is 6.54 Å². The molecule has 2 rings (SSSR count). The number of pyridine rings is 1. The molecule has 0 atom stereocenters. The summed E-state index contributed by atoms with van der Waals surface area (Å²) >= 11 is 0. The van der Waals surface area contributed by atoms with E-state index in [-0.39, 0.29) is 12.5 Å². The highest BCUT2D eigenvalue weighted by Gasteiger charge is 2.11. The van der Waals surface area contributed by atoms with Crippen molar-refractivity contribution < 1.29 is 9.53 Å². The lowest BCUT2D eigenvalue weighted by atomic mass is 10.2. The number of ether oxygens (including phenoxy) is 1. The standard InChI is InChI=1S/C12H18N4O2/c13-7-12(17)15-9-10-1-2-11(14-8-10)16-3-5-18-6-4-16/h1-2,8H,3-7,9,13H2,(H,15,17). The van der Waals surface area contributed by atoms with Crippen LogP contribution in [0.5, 0.6) is 0 Å². The third-order valence-electron chi connectivity index (χ3n) is 2.82. The van der Waals surface area contributed by atoms with Crippen LogP contribution >= 0.6 is 0 Å². The number of nitrogens with two attached hydrogens (primary N) is 1. The van der Waals surface area contributed by atoms with Crippen LogP contribution in [0, 0.1) is 0 Å². The Morgan fingerprint density at radius 2 is 2.22 bits per heavy atom. The van der Waals surface area contributed by atoms with Crippen LogP contribution in [0.3, 0.4) is 0 Å². The molecule has 1 aliphatic rings. The number of carbonyl (C=O) groups is 1. The topological polar surface area (TPSA) is 80.5 Å². The van der Waals surface area contributed by atoms with E-state index in [4.69, 9.17) is 10.5 Å². The van der Waals surface area contributed by atoms with E-state index < -0.39 is 0 Å². The Morgan fingerprint density at radius 1 is 1.44 bits per heavy atom. The molecular weight excluding hydrogens is 232 g/mol. The highest BCUT2D eigenvalue weighted by atomic mass is 16.5. The van der Waals surface area contributed by atoms with Gasteiger partial charge in [0, 0.05) is 25.8 Å². The summed E-state index contributed by atoms with van der Waals surface area (Å²) in [6.45, 7) is 3.71. The van der Waals surface area contributed by atoms with Gasteiger partial charge in [0.25, 0.3) is 0 Å². The van der Waals surface area contributed by atoms with Crippen molar-refractivity contribution in [2.24, 2.45) is 5.73 Å². The Hall–Kier alpha value is -1.66. The van der Waals surface area contributed by atoms with Gasteiger partial charge in [0.15, 0.2) is 0 Å². The van der Waals surface area contributed by atoms with Crippen molar-refractivity contribution in [3.05, 3.63) is 23.9 Å². The molecule has 0 aliphatic carbocycles. The fourth-order valence-electron chi connectivity index (χ4n) is 1.77. The van der Waals surface area contributed by atoms with Gasteiger partial charge in [-0.25, -0.2) is 4.98 Å². The summed E-state index contributed by atoms with van der Waals surface area (Å²) < 4.78 is 5.29. The molecule has 0 aromatic carbocycles. The van der Waals surface area contributed by atoms with Crippen LogP contribution in [0.4, 0.5) is 5.82 Å². The van der Waals surface area contributed by atoms with Gasteiger partial charge in [-0.3, -0.25) is 4.79 Å². The van der Waals surface area contributed by atoms with Crippen molar-refractivity contribution >= 4 is 11.7 Å². The van der Waals surface area contributed by atoms with E-state index >= 15 is 0 Å². The van der Waals surface area contributed by atoms with E-state index in [0.29, 0.717) is 6.54 Å². The molecule has 1 aromatic rings. The summed E-state index contributed by atoms with van der Waals surface area (Å²) in [5, 5.41) is 2.71. The number of carbonyl (C=O) groups excluding carboxylic acids is 1. The summed E-state index contributed by atoms with van der Waals surface area (Å²) in [7, 11) is 0. The van der Waals surface area contributed by atoms with E-state index in [1.165, 1.54) is 0 Å². The van der Waals surface area contributed by atoms with Crippen molar-refractivity contribution in [3.8, 4) is 0 Å². The molecule has 6 heteroatoms. The van der Waals surface area contributed by atoms with Gasteiger partial charge in [-0.15, -0.1) is 0 Å². The minimum Gasteiger partial charge on any atom is -0.378 e. The molecule has 0 radical (unpaired) electrons. The zero-order valence-electron chi connectivity index (χ0n) is 10.3. The quantitative estimate of drug-likeness (QED) is 0.752. The van der Waals surface area contributed by atoms with E-state index in [0.717, 1.165) is 37.7 Å². The van der Waals surface area contributed by atoms with Gasteiger partial charge in [0.1, 0.15) is 5.82 Å². The molecule has 0 unspecified atom stereocenters. The van der Waals surface area contributed by atoms with E-state index in [2.05, 4.69) is 15.2 Å². The number of amides is 1. The maximum absolute atomic E-state index is 11.0. The highest BCUT2D eigenvalue weighted by Crippen LogP contribution is 2.12. The number of anilines is 1. The van der Waals surface area contributed by atoms with Crippen molar-refractivity contribution in [1.82, 2.24) is 10.3 Å². The van der Waals surface area contributed by atoms with Gasteiger partial charge in [-0.2, -0.15) is 0 Å². The van der Waals surface area contributed by atoms with Crippen LogP contribution in [-0.4, -0.2) is 43.7 Å². The predicted molar refractivity (Wildman–Crippen MR) is 68.2 cm³/mol. The number of hydrogen-bond acceptors (Lipinski definition) is 5. The van der Waals surface area contributed by atoms with E-state index in [1.54, 1.807) is 6.20 Å². The molecule has 0 bridgehead atoms. The van der Waals surface area contributed by atoms with Gasteiger partial charge in [-0.1, -0.05) is 6.07 Å². The number of hydrogen-bond donors (Lipinski definition) is 2. The normalized spacial score (nSPS) is 15.5. The van der Waals surface area contributed by atoms with E-state index in [9.17, 15) is 4.79 Å². The Morgan fingerprint density at radius 3 is 2.83 bits per heavy atom. The van der Waals surface area contributed by atoms with Crippen LogP contribution in [-0.2, 0) is 16.1 Å². The zero-order chi connectivity index (χ0) is 12.8. The Bertz CT molecular complexity index is 388. The first-order valence-electron chi connectivity index (χ1n) is 6.04. The monoisotopic (exact) mass is 250 g/mol. The number of nitrogens with zero attached hydrogens (tertiary/aromatic N) is 2. The summed E-state index contributed by atoms with van der Waals surface area (Å²) in [6.07, 6.45) is 1.78. The summed E-state index contributed by atoms with van der Waals surface area (Å²) in [4.78, 5) is 17.6. The molecule has 0 saturated carbocycles. The van der Waals surface area contributed by atoms with Gasteiger partial charge in [0.05, 0.1) is 19.8 Å². The molecular formula is C12H18N4O2. The lowest BCUT2D eigenvalue weighted by Gasteiger charge is -2.27. The zero-order valence-corrected chi connectivity index (χ0v) is 10.3. The Balaban J connectivity index is 1.90. The molecule has 98 valence electrons. The highest BCUT2D eigenvalue weighted by molar-refractivity contribution is 5.77. The SMILES string of the molecule is NCC(=O)NCc1ccc(N2CCOCC2)nc1. The molecule has 6 nitrogen and oxygen atoms in total. The molecule has 0 spiro atoms. The maximum Gasteiger partial charge on any atom is 0.234 e. The fourth-order valence-corrected chi connectivity index (χ4v) is 1.77. The van der Waals surface area contributed by atoms with Crippen LogP contribution in [0.2, 0.25) is 0 Å². The van der Waals surface area contributed by atoms with Gasteiger partial charge in [0.2, 0.25) is 5.91 Å². The first kappa shape index (κ1) is 12.8. The third kappa shape index (κ3) is 3.41. The van der Waals surface area contributed by atoms with Crippen LogP contribution in [0.25, 0.3) is 0 Å². The maximum atomic E-state index is 11.0. The first-order chi connectivity index (χ1) is 8.79. The number of rotatable bonds is 4. The number of nitrogens with one attached hydrogen (secondary N) is 1. The fraction of sp³-hybridized carbons (Fsp3) is 0.500. The average Bonchev–Trinajstić information content (AvgIpc) is 2.46. The van der Waals surface area contributed by atoms with Gasteiger partial charge < -0.3 is 20.7 Å². The second kappa shape index (κ2) is 6.32. The molecule has 3 N–H and O–H groups in total. The minimum absolute atomic E-state index is 0.0132. The van der Waals surface area contributed by atoms with Gasteiger partial charge in [-0.05, 0) is 11.6 Å². The van der Waals surface area contributed by atoms with Crippen molar-refractivity contribution in [1.29, 1.82) is 0 Å². The third-order valence-corrected chi connectivity index (χ3v) is 2.82. The Labute approximate surface area is 106 Å². The van der Waals surface area contributed by atoms with Crippen LogP contribution in [0.1, 0.15) is 5.56 Å². The largest absolute Gasteiger partial charge is 0.378 e. The van der Waals surface area contributed by atoms with Crippen LogP contribution < -0.4 is 16.0 Å². The van der Waals surface area contributed by atoms with Crippen molar-refractivity contribution in [3.63, 3.8) is 0 Å². The lowest BCUT2D eigenvalue weighted by Crippen LogP contribution is -2.36. The second-order valence-corrected chi connectivity index (χ2v) is 4.10. The summed E-state index contributed by atoms with van der Waals surface area (Å²) in [6, 6.07) is 3.93. The summed E-state index contributed by atoms with van der Waals surface area (Å²) in [5.41, 5.74) is 6.18. The Kier molecular flexibility index (Phi) is 4.49. The van der Waals surface area contributed by atoms with E-state index in [1.807, 2.05) is 12.1 Å². The molecule has 1 aliphatic heterocycles. The molecule has 1 fully saturated rings. The minimum atomic E-state index is -0.160. The van der Waals surface area contributed by atoms with Crippen molar-refractivity contribution in [2.75, 3.05) is 37.7 Å². The lowest BCUT2D eigenvalue weighted by molar-refractivity contribution is -0.119. The number of morpholine rings is 1. The first-order valence-corrected chi connectivity index (χ1v) is 6.04. The smallest absolute Gasteiger partial charge is 0.234 e. The molecule has 1 aromatic heterocycles. The predicted octanol–water partition coefficient (Wildman–Crippen LogP) is -0.507.